The molecular formula is C27H30N2O6. The van der Waals surface area contributed by atoms with Crippen LogP contribution in [0, 0.1) is 5.92 Å². The zero-order valence-electron chi connectivity index (χ0n) is 19.6. The summed E-state index contributed by atoms with van der Waals surface area (Å²) < 4.78 is 11.2. The fraction of sp³-hybridized carbons (Fsp3) is 0.444. The van der Waals surface area contributed by atoms with Crippen molar-refractivity contribution in [2.45, 2.75) is 37.1 Å². The van der Waals surface area contributed by atoms with E-state index in [4.69, 9.17) is 9.47 Å². The van der Waals surface area contributed by atoms with E-state index in [9.17, 15) is 19.5 Å². The predicted octanol–water partition coefficient (Wildman–Crippen LogP) is 3.40. The number of aliphatic carboxylic acids is 1. The molecule has 2 aromatic rings. The molecule has 0 saturated carbocycles. The van der Waals surface area contributed by atoms with Crippen LogP contribution in [0.15, 0.2) is 48.5 Å². The lowest BCUT2D eigenvalue weighted by Crippen LogP contribution is -2.63. The summed E-state index contributed by atoms with van der Waals surface area (Å²) in [5.74, 6) is -1.81. The minimum absolute atomic E-state index is 0.0760. The molecule has 1 unspecified atom stereocenters. The highest BCUT2D eigenvalue weighted by atomic mass is 16.5. The van der Waals surface area contributed by atoms with Crippen LogP contribution in [0.2, 0.25) is 0 Å². The molecule has 35 heavy (non-hydrogen) atoms. The van der Waals surface area contributed by atoms with Crippen LogP contribution in [-0.4, -0.2) is 66.4 Å². The number of amides is 2. The first kappa shape index (κ1) is 23.4. The number of likely N-dealkylation sites (tertiary alicyclic amines) is 1. The number of benzene rings is 2. The van der Waals surface area contributed by atoms with Gasteiger partial charge in [-0.15, -0.1) is 0 Å². The first-order chi connectivity index (χ1) is 17.0. The van der Waals surface area contributed by atoms with Crippen molar-refractivity contribution in [3.63, 3.8) is 0 Å². The molecule has 0 spiro atoms. The lowest BCUT2D eigenvalue weighted by Gasteiger charge is -2.41. The van der Waals surface area contributed by atoms with Crippen molar-refractivity contribution >= 4 is 18.0 Å². The Hall–Kier alpha value is -3.39. The molecule has 8 nitrogen and oxygen atoms in total. The van der Waals surface area contributed by atoms with Gasteiger partial charge in [0.25, 0.3) is 0 Å². The van der Waals surface area contributed by atoms with E-state index in [2.05, 4.69) is 29.6 Å². The maximum Gasteiger partial charge on any atom is 0.408 e. The minimum Gasteiger partial charge on any atom is -0.481 e. The minimum atomic E-state index is -1.15. The molecule has 184 valence electrons. The lowest BCUT2D eigenvalue weighted by molar-refractivity contribution is -0.149. The summed E-state index contributed by atoms with van der Waals surface area (Å²) in [4.78, 5) is 39.7. The molecule has 5 rings (SSSR count). The van der Waals surface area contributed by atoms with Crippen molar-refractivity contribution in [2.75, 3.05) is 32.9 Å². The number of hydrogen-bond donors (Lipinski definition) is 2. The summed E-state index contributed by atoms with van der Waals surface area (Å²) in [5, 5.41) is 12.3. The van der Waals surface area contributed by atoms with Crippen LogP contribution < -0.4 is 5.32 Å². The van der Waals surface area contributed by atoms with E-state index in [1.54, 1.807) is 4.90 Å². The molecule has 3 aliphatic rings. The SMILES string of the molecule is O=C(NC1(C(=O)N2CCCC(C(=O)O)C2)CCOCC1)OCC1c2ccccc2-c2ccccc21. The van der Waals surface area contributed by atoms with Crippen molar-refractivity contribution in [2.24, 2.45) is 5.92 Å². The van der Waals surface area contributed by atoms with Gasteiger partial charge < -0.3 is 24.8 Å². The maximum atomic E-state index is 13.6. The van der Waals surface area contributed by atoms with Crippen molar-refractivity contribution in [1.29, 1.82) is 0 Å². The normalized spacial score (nSPS) is 21.0. The van der Waals surface area contributed by atoms with Gasteiger partial charge in [0.05, 0.1) is 5.92 Å². The molecule has 8 heteroatoms. The fourth-order valence-electron chi connectivity index (χ4n) is 5.61. The summed E-state index contributed by atoms with van der Waals surface area (Å²) in [6.07, 6.45) is 1.18. The number of carboxylic acid groups (broad SMARTS) is 1. The number of hydrogen-bond acceptors (Lipinski definition) is 5. The van der Waals surface area contributed by atoms with Gasteiger partial charge in [-0.1, -0.05) is 48.5 Å². The third-order valence-corrected chi connectivity index (χ3v) is 7.50. The Morgan fingerprint density at radius 1 is 1.03 bits per heavy atom. The highest BCUT2D eigenvalue weighted by Gasteiger charge is 2.46. The molecule has 0 bridgehead atoms. The van der Waals surface area contributed by atoms with E-state index < -0.39 is 23.5 Å². The number of alkyl carbamates (subject to hydrolysis) is 1. The van der Waals surface area contributed by atoms with Crippen molar-refractivity contribution in [3.05, 3.63) is 59.7 Å². The van der Waals surface area contributed by atoms with Gasteiger partial charge in [-0.3, -0.25) is 9.59 Å². The van der Waals surface area contributed by atoms with Crippen molar-refractivity contribution < 1.29 is 29.0 Å². The molecule has 0 aromatic heterocycles. The third kappa shape index (κ3) is 4.50. The Kier molecular flexibility index (Phi) is 6.47. The van der Waals surface area contributed by atoms with Crippen LogP contribution in [0.4, 0.5) is 4.79 Å². The second kappa shape index (κ2) is 9.70. The second-order valence-electron chi connectivity index (χ2n) is 9.57. The second-order valence-corrected chi connectivity index (χ2v) is 9.57. The molecule has 1 atom stereocenters. The molecule has 2 saturated heterocycles. The summed E-state index contributed by atoms with van der Waals surface area (Å²) >= 11 is 0. The van der Waals surface area contributed by atoms with Crippen LogP contribution in [0.25, 0.3) is 11.1 Å². The smallest absolute Gasteiger partial charge is 0.408 e. The van der Waals surface area contributed by atoms with E-state index in [1.165, 1.54) is 0 Å². The topological polar surface area (TPSA) is 105 Å². The zero-order valence-corrected chi connectivity index (χ0v) is 19.6. The van der Waals surface area contributed by atoms with Crippen LogP contribution in [-0.2, 0) is 19.1 Å². The zero-order chi connectivity index (χ0) is 24.4. The summed E-state index contributed by atoms with van der Waals surface area (Å²) in [7, 11) is 0. The average Bonchev–Trinajstić information content (AvgIpc) is 3.21. The van der Waals surface area contributed by atoms with E-state index in [0.717, 1.165) is 22.3 Å². The van der Waals surface area contributed by atoms with E-state index >= 15 is 0 Å². The molecule has 1 aliphatic carbocycles. The van der Waals surface area contributed by atoms with Crippen LogP contribution in [0.1, 0.15) is 42.7 Å². The predicted molar refractivity (Wildman–Crippen MR) is 128 cm³/mol. The Labute approximate surface area is 204 Å². The highest BCUT2D eigenvalue weighted by Crippen LogP contribution is 2.44. The number of carbonyl (C=O) groups is 3. The number of nitrogens with zero attached hydrogens (tertiary/aromatic N) is 1. The molecular weight excluding hydrogens is 448 g/mol. The number of fused-ring (bicyclic) bond motifs is 3. The maximum absolute atomic E-state index is 13.6. The molecule has 2 N–H and O–H groups in total. The van der Waals surface area contributed by atoms with Gasteiger partial charge in [0.2, 0.25) is 5.91 Å². The van der Waals surface area contributed by atoms with Crippen LogP contribution in [0.5, 0.6) is 0 Å². The first-order valence-corrected chi connectivity index (χ1v) is 12.2. The quantitative estimate of drug-likeness (QED) is 0.683. The largest absolute Gasteiger partial charge is 0.481 e. The molecule has 2 heterocycles. The Bertz CT molecular complexity index is 1080. The molecule has 2 aliphatic heterocycles. The van der Waals surface area contributed by atoms with Gasteiger partial charge in [-0.2, -0.15) is 0 Å². The Balaban J connectivity index is 1.29. The van der Waals surface area contributed by atoms with E-state index in [-0.39, 0.29) is 25.0 Å². The third-order valence-electron chi connectivity index (χ3n) is 7.50. The van der Waals surface area contributed by atoms with Crippen LogP contribution >= 0.6 is 0 Å². The molecule has 2 amide bonds. The number of nitrogens with one attached hydrogen (secondary N) is 1. The van der Waals surface area contributed by atoms with Gasteiger partial charge in [0.1, 0.15) is 12.1 Å². The number of carboxylic acids is 1. The number of ether oxygens (including phenoxy) is 2. The molecule has 2 aromatic carbocycles. The highest BCUT2D eigenvalue weighted by molar-refractivity contribution is 5.90. The average molecular weight is 479 g/mol. The number of carbonyl (C=O) groups excluding carboxylic acids is 2. The lowest BCUT2D eigenvalue weighted by atomic mass is 9.87. The first-order valence-electron chi connectivity index (χ1n) is 12.2. The number of piperidine rings is 1. The summed E-state index contributed by atoms with van der Waals surface area (Å²) in [6.45, 7) is 1.48. The summed E-state index contributed by atoms with van der Waals surface area (Å²) in [6, 6.07) is 16.2. The van der Waals surface area contributed by atoms with Gasteiger partial charge in [0.15, 0.2) is 0 Å². The van der Waals surface area contributed by atoms with E-state index in [1.807, 2.05) is 24.3 Å². The van der Waals surface area contributed by atoms with Gasteiger partial charge in [-0.25, -0.2) is 4.79 Å². The van der Waals surface area contributed by atoms with Crippen LogP contribution in [0.3, 0.4) is 0 Å². The van der Waals surface area contributed by atoms with E-state index in [0.29, 0.717) is 45.4 Å². The number of rotatable bonds is 5. The van der Waals surface area contributed by atoms with Crippen molar-refractivity contribution in [1.82, 2.24) is 10.2 Å². The molecule has 0 radical (unpaired) electrons. The van der Waals surface area contributed by atoms with Crippen molar-refractivity contribution in [3.8, 4) is 11.1 Å². The monoisotopic (exact) mass is 478 g/mol. The Morgan fingerprint density at radius 2 is 1.66 bits per heavy atom. The van der Waals surface area contributed by atoms with Gasteiger partial charge in [0, 0.05) is 45.1 Å². The molecule has 2 fully saturated rings. The summed E-state index contributed by atoms with van der Waals surface area (Å²) in [5.41, 5.74) is 3.37. The van der Waals surface area contributed by atoms with Gasteiger partial charge in [-0.05, 0) is 35.1 Å². The standard InChI is InChI=1S/C27H30N2O6/c30-24(31)18-6-5-13-29(16-18)25(32)27(11-14-34-15-12-27)28-26(33)35-17-23-21-9-3-1-7-19(21)20-8-2-4-10-22(20)23/h1-4,7-10,18,23H,5-6,11-17H2,(H,28,33)(H,30,31). The fourth-order valence-corrected chi connectivity index (χ4v) is 5.61. The Morgan fingerprint density at radius 3 is 2.29 bits per heavy atom. The van der Waals surface area contributed by atoms with Gasteiger partial charge >= 0.3 is 12.1 Å².